The van der Waals surface area contributed by atoms with Crippen LogP contribution in [0.25, 0.3) is 0 Å². The molecule has 26 heavy (non-hydrogen) atoms. The third-order valence-corrected chi connectivity index (χ3v) is 4.90. The molecule has 4 rings (SSSR count). The predicted octanol–water partition coefficient (Wildman–Crippen LogP) is 2.85. The largest absolute Gasteiger partial charge is 0.346 e. The first kappa shape index (κ1) is 16.6. The van der Waals surface area contributed by atoms with E-state index in [0.717, 1.165) is 24.1 Å². The molecule has 2 aromatic heterocycles. The molecule has 0 saturated heterocycles. The fourth-order valence-electron chi connectivity index (χ4n) is 3.53. The van der Waals surface area contributed by atoms with Gasteiger partial charge < -0.3 is 5.32 Å². The minimum Gasteiger partial charge on any atom is -0.346 e. The molecule has 2 heterocycles. The Hall–Kier alpha value is -2.89. The summed E-state index contributed by atoms with van der Waals surface area (Å²) < 4.78 is 1.84. The lowest BCUT2D eigenvalue weighted by Crippen LogP contribution is -2.23. The van der Waals surface area contributed by atoms with Gasteiger partial charge in [-0.05, 0) is 55.0 Å². The summed E-state index contributed by atoms with van der Waals surface area (Å²) in [6.45, 7) is 1.12. The van der Waals surface area contributed by atoms with Crippen LogP contribution in [0.2, 0.25) is 0 Å². The van der Waals surface area contributed by atoms with Gasteiger partial charge in [0, 0.05) is 23.7 Å². The Bertz CT molecular complexity index is 882. The summed E-state index contributed by atoms with van der Waals surface area (Å²) in [6.07, 6.45) is 9.45. The van der Waals surface area contributed by atoms with Gasteiger partial charge in [0.05, 0.1) is 18.8 Å². The highest BCUT2D eigenvalue weighted by Crippen LogP contribution is 2.21. The monoisotopic (exact) mass is 349 g/mol. The molecule has 6 heteroatoms. The lowest BCUT2D eigenvalue weighted by molar-refractivity contribution is 0.0950. The molecule has 1 aliphatic rings. The molecule has 3 aromatic rings. The van der Waals surface area contributed by atoms with Crippen LogP contribution in [0.15, 0.2) is 42.7 Å². The molecule has 0 radical (unpaired) electrons. The molecular weight excluding hydrogens is 326 g/mol. The summed E-state index contributed by atoms with van der Waals surface area (Å²) >= 11 is 0. The van der Waals surface area contributed by atoms with Gasteiger partial charge in [0.25, 0.3) is 5.91 Å². The van der Waals surface area contributed by atoms with Crippen LogP contribution in [-0.2, 0) is 25.9 Å². The van der Waals surface area contributed by atoms with Crippen molar-refractivity contribution < 1.29 is 4.79 Å². The third-order valence-electron chi connectivity index (χ3n) is 4.90. The van der Waals surface area contributed by atoms with Gasteiger partial charge in [0.1, 0.15) is 0 Å². The second-order valence-corrected chi connectivity index (χ2v) is 6.77. The van der Waals surface area contributed by atoms with Crippen molar-refractivity contribution in [3.63, 3.8) is 0 Å². The number of hydrogen-bond donors (Lipinski definition) is 2. The maximum atomic E-state index is 12.6. The van der Waals surface area contributed by atoms with E-state index in [4.69, 9.17) is 0 Å². The van der Waals surface area contributed by atoms with Gasteiger partial charge in [-0.15, -0.1) is 0 Å². The van der Waals surface area contributed by atoms with Crippen LogP contribution in [0.4, 0.5) is 0 Å². The molecule has 1 aliphatic carbocycles. The van der Waals surface area contributed by atoms with Crippen LogP contribution in [-0.4, -0.2) is 25.9 Å². The van der Waals surface area contributed by atoms with Crippen molar-refractivity contribution >= 4 is 5.91 Å². The van der Waals surface area contributed by atoms with E-state index in [-0.39, 0.29) is 5.91 Å². The third kappa shape index (κ3) is 3.69. The van der Waals surface area contributed by atoms with Gasteiger partial charge in [0.15, 0.2) is 0 Å². The number of amides is 1. The van der Waals surface area contributed by atoms with Crippen LogP contribution < -0.4 is 5.32 Å². The minimum absolute atomic E-state index is 0.0716. The maximum absolute atomic E-state index is 12.6. The van der Waals surface area contributed by atoms with E-state index in [0.29, 0.717) is 18.7 Å². The average molecular weight is 349 g/mol. The number of nitrogens with one attached hydrogen (secondary N) is 2. The van der Waals surface area contributed by atoms with Crippen molar-refractivity contribution in [1.29, 1.82) is 0 Å². The minimum atomic E-state index is -0.0716. The summed E-state index contributed by atoms with van der Waals surface area (Å²) in [7, 11) is 0. The number of carbonyl (C=O) groups excluding carboxylic acids is 1. The maximum Gasteiger partial charge on any atom is 0.251 e. The number of nitrogens with zero attached hydrogens (tertiary/aromatic N) is 3. The number of fused-ring (bicyclic) bond motifs is 1. The standard InChI is InChI=1S/C20H23N5O/c26-20(16-7-4-6-15(12-16)14-25-11-5-10-22-25)21-13-19-17-8-2-1-3-9-18(17)23-24-19/h4-7,10-12H,1-3,8-9,13-14H2,(H,21,26)(H,23,24). The molecule has 0 fully saturated rings. The normalized spacial score (nSPS) is 13.8. The Morgan fingerprint density at radius 1 is 1.19 bits per heavy atom. The van der Waals surface area contributed by atoms with Gasteiger partial charge in [-0.2, -0.15) is 10.2 Å². The Balaban J connectivity index is 1.41. The Morgan fingerprint density at radius 3 is 3.00 bits per heavy atom. The molecule has 0 saturated carbocycles. The molecule has 0 spiro atoms. The number of aryl methyl sites for hydroxylation is 1. The summed E-state index contributed by atoms with van der Waals surface area (Å²) in [6, 6.07) is 9.57. The number of H-pyrrole nitrogens is 1. The lowest BCUT2D eigenvalue weighted by Gasteiger charge is -2.08. The number of benzene rings is 1. The lowest BCUT2D eigenvalue weighted by atomic mass is 10.1. The van der Waals surface area contributed by atoms with Crippen LogP contribution in [0, 0.1) is 0 Å². The summed E-state index contributed by atoms with van der Waals surface area (Å²) in [4.78, 5) is 12.6. The number of carbonyl (C=O) groups is 1. The SMILES string of the molecule is O=C(NCc1n[nH]c2c1CCCCC2)c1cccc(Cn2cccn2)c1. The number of rotatable bonds is 5. The molecule has 6 nitrogen and oxygen atoms in total. The zero-order valence-corrected chi connectivity index (χ0v) is 14.7. The van der Waals surface area contributed by atoms with Crippen LogP contribution in [0.3, 0.4) is 0 Å². The second-order valence-electron chi connectivity index (χ2n) is 6.77. The number of aromatic amines is 1. The highest BCUT2D eigenvalue weighted by atomic mass is 16.1. The first-order valence-corrected chi connectivity index (χ1v) is 9.19. The second kappa shape index (κ2) is 7.56. The summed E-state index contributed by atoms with van der Waals surface area (Å²) in [5.41, 5.74) is 5.23. The Kier molecular flexibility index (Phi) is 4.82. The van der Waals surface area contributed by atoms with Crippen molar-refractivity contribution in [2.24, 2.45) is 0 Å². The van der Waals surface area contributed by atoms with E-state index in [1.165, 1.54) is 30.5 Å². The van der Waals surface area contributed by atoms with Crippen molar-refractivity contribution in [3.8, 4) is 0 Å². The summed E-state index contributed by atoms with van der Waals surface area (Å²) in [5, 5.41) is 14.8. The van der Waals surface area contributed by atoms with E-state index in [2.05, 4.69) is 20.6 Å². The van der Waals surface area contributed by atoms with E-state index in [1.807, 2.05) is 41.2 Å². The fourth-order valence-corrected chi connectivity index (χ4v) is 3.53. The Morgan fingerprint density at radius 2 is 2.12 bits per heavy atom. The molecule has 1 aromatic carbocycles. The number of hydrogen-bond acceptors (Lipinski definition) is 3. The van der Waals surface area contributed by atoms with Gasteiger partial charge in [-0.1, -0.05) is 18.6 Å². The van der Waals surface area contributed by atoms with Crippen molar-refractivity contribution in [2.75, 3.05) is 0 Å². The van der Waals surface area contributed by atoms with Crippen molar-refractivity contribution in [3.05, 3.63) is 70.8 Å². The first-order chi connectivity index (χ1) is 12.8. The van der Waals surface area contributed by atoms with E-state index in [1.54, 1.807) is 6.20 Å². The highest BCUT2D eigenvalue weighted by Gasteiger charge is 2.16. The topological polar surface area (TPSA) is 75.6 Å². The molecule has 0 aliphatic heterocycles. The molecule has 134 valence electrons. The van der Waals surface area contributed by atoms with Crippen molar-refractivity contribution in [2.45, 2.75) is 45.2 Å². The molecule has 0 unspecified atom stereocenters. The van der Waals surface area contributed by atoms with Gasteiger partial charge in [-0.25, -0.2) is 0 Å². The van der Waals surface area contributed by atoms with E-state index < -0.39 is 0 Å². The van der Waals surface area contributed by atoms with E-state index in [9.17, 15) is 4.79 Å². The molecular formula is C20H23N5O. The fraction of sp³-hybridized carbons (Fsp3) is 0.350. The predicted molar refractivity (Wildman–Crippen MR) is 98.8 cm³/mol. The van der Waals surface area contributed by atoms with Gasteiger partial charge in [0.2, 0.25) is 0 Å². The summed E-state index contributed by atoms with van der Waals surface area (Å²) in [5.74, 6) is -0.0716. The average Bonchev–Trinajstić information content (AvgIpc) is 3.24. The van der Waals surface area contributed by atoms with Crippen molar-refractivity contribution in [1.82, 2.24) is 25.3 Å². The zero-order valence-electron chi connectivity index (χ0n) is 14.7. The highest BCUT2D eigenvalue weighted by molar-refractivity contribution is 5.94. The van der Waals surface area contributed by atoms with Crippen LogP contribution >= 0.6 is 0 Å². The number of aromatic nitrogens is 4. The van der Waals surface area contributed by atoms with Crippen LogP contribution in [0.5, 0.6) is 0 Å². The first-order valence-electron chi connectivity index (χ1n) is 9.19. The Labute approximate surface area is 152 Å². The smallest absolute Gasteiger partial charge is 0.251 e. The van der Waals surface area contributed by atoms with Crippen LogP contribution in [0.1, 0.15) is 52.1 Å². The zero-order chi connectivity index (χ0) is 17.8. The van der Waals surface area contributed by atoms with Gasteiger partial charge >= 0.3 is 0 Å². The van der Waals surface area contributed by atoms with Gasteiger partial charge in [-0.3, -0.25) is 14.6 Å². The molecule has 1 amide bonds. The molecule has 0 bridgehead atoms. The quantitative estimate of drug-likeness (QED) is 0.696. The molecule has 0 atom stereocenters. The van der Waals surface area contributed by atoms with E-state index >= 15 is 0 Å². The molecule has 2 N–H and O–H groups in total.